The van der Waals surface area contributed by atoms with E-state index in [1.807, 2.05) is 17.0 Å². The van der Waals surface area contributed by atoms with Crippen LogP contribution in [0, 0.1) is 0 Å². The number of likely N-dealkylation sites (tertiary alicyclic amines) is 1. The number of amides is 2. The maximum atomic E-state index is 12.3. The highest BCUT2D eigenvalue weighted by atomic mass is 16.5. The molecule has 138 valence electrons. The summed E-state index contributed by atoms with van der Waals surface area (Å²) in [6.07, 6.45) is 2.01. The number of hydrogen-bond acceptors (Lipinski definition) is 4. The summed E-state index contributed by atoms with van der Waals surface area (Å²) in [5.74, 6) is 1.41. The van der Waals surface area contributed by atoms with Crippen LogP contribution < -0.4 is 10.1 Å². The molecule has 2 aliphatic heterocycles. The van der Waals surface area contributed by atoms with Crippen molar-refractivity contribution in [2.45, 2.75) is 18.8 Å². The Balaban J connectivity index is 1.39. The molecule has 1 aromatic rings. The van der Waals surface area contributed by atoms with Crippen molar-refractivity contribution in [1.82, 2.24) is 15.1 Å². The maximum Gasteiger partial charge on any atom is 0.317 e. The van der Waals surface area contributed by atoms with Gasteiger partial charge in [0.1, 0.15) is 5.75 Å². The van der Waals surface area contributed by atoms with Gasteiger partial charge in [-0.25, -0.2) is 4.79 Å². The number of methoxy groups -OCH3 is 1. The molecule has 1 aromatic carbocycles. The zero-order valence-corrected chi connectivity index (χ0v) is 15.1. The number of rotatable bonds is 5. The molecular weight excluding hydrogens is 318 g/mol. The fourth-order valence-corrected chi connectivity index (χ4v) is 3.57. The number of benzene rings is 1. The summed E-state index contributed by atoms with van der Waals surface area (Å²) in [7, 11) is 1.70. The third kappa shape index (κ3) is 5.09. The molecule has 0 bridgehead atoms. The lowest BCUT2D eigenvalue weighted by atomic mass is 9.89. The highest BCUT2D eigenvalue weighted by Crippen LogP contribution is 2.29. The minimum absolute atomic E-state index is 0.0670. The van der Waals surface area contributed by atoms with E-state index in [0.717, 1.165) is 64.5 Å². The molecule has 0 radical (unpaired) electrons. The summed E-state index contributed by atoms with van der Waals surface area (Å²) >= 11 is 0. The minimum atomic E-state index is 0.0670. The Labute approximate surface area is 150 Å². The van der Waals surface area contributed by atoms with Crippen LogP contribution in [0.4, 0.5) is 4.79 Å². The first-order chi connectivity index (χ1) is 12.3. The molecule has 2 fully saturated rings. The van der Waals surface area contributed by atoms with Gasteiger partial charge in [0.2, 0.25) is 0 Å². The van der Waals surface area contributed by atoms with Crippen molar-refractivity contribution in [2.24, 2.45) is 0 Å². The molecule has 25 heavy (non-hydrogen) atoms. The Hall–Kier alpha value is -1.79. The monoisotopic (exact) mass is 347 g/mol. The number of urea groups is 1. The second-order valence-corrected chi connectivity index (χ2v) is 6.72. The van der Waals surface area contributed by atoms with E-state index in [2.05, 4.69) is 22.3 Å². The molecule has 2 aliphatic rings. The maximum absolute atomic E-state index is 12.3. The number of nitrogens with zero attached hydrogens (tertiary/aromatic N) is 2. The van der Waals surface area contributed by atoms with Crippen molar-refractivity contribution < 1.29 is 14.3 Å². The third-order valence-corrected chi connectivity index (χ3v) is 5.16. The number of nitrogens with one attached hydrogen (secondary N) is 1. The Kier molecular flexibility index (Phi) is 6.53. The fraction of sp³-hybridized carbons (Fsp3) is 0.632. The Morgan fingerprint density at radius 3 is 2.72 bits per heavy atom. The quantitative estimate of drug-likeness (QED) is 0.884. The lowest BCUT2D eigenvalue weighted by molar-refractivity contribution is 0.0385. The van der Waals surface area contributed by atoms with E-state index in [9.17, 15) is 4.79 Å². The van der Waals surface area contributed by atoms with Gasteiger partial charge in [-0.2, -0.15) is 0 Å². The van der Waals surface area contributed by atoms with Gasteiger partial charge in [0.15, 0.2) is 0 Å². The first-order valence-corrected chi connectivity index (χ1v) is 9.23. The molecule has 6 nitrogen and oxygen atoms in total. The summed E-state index contributed by atoms with van der Waals surface area (Å²) < 4.78 is 10.7. The molecule has 0 aliphatic carbocycles. The van der Waals surface area contributed by atoms with Crippen LogP contribution in [-0.2, 0) is 4.74 Å². The van der Waals surface area contributed by atoms with Gasteiger partial charge in [0.25, 0.3) is 0 Å². The second kappa shape index (κ2) is 9.06. The number of carbonyl (C=O) groups is 1. The molecule has 2 amide bonds. The third-order valence-electron chi connectivity index (χ3n) is 5.16. The number of ether oxygens (including phenoxy) is 2. The van der Waals surface area contributed by atoms with Gasteiger partial charge >= 0.3 is 6.03 Å². The fourth-order valence-electron chi connectivity index (χ4n) is 3.57. The number of hydrogen-bond donors (Lipinski definition) is 1. The van der Waals surface area contributed by atoms with Gasteiger partial charge in [-0.05, 0) is 36.5 Å². The average molecular weight is 347 g/mol. The summed E-state index contributed by atoms with van der Waals surface area (Å²) in [4.78, 5) is 16.6. The Morgan fingerprint density at radius 1 is 1.24 bits per heavy atom. The van der Waals surface area contributed by atoms with Gasteiger partial charge in [-0.1, -0.05) is 12.1 Å². The number of carbonyl (C=O) groups excluding carboxylic acids is 1. The first kappa shape index (κ1) is 18.0. The second-order valence-electron chi connectivity index (χ2n) is 6.72. The minimum Gasteiger partial charge on any atom is -0.497 e. The SMILES string of the molecule is COc1cccc(C2CCN(C(=O)NCCN3CCOCC3)CC2)c1. The van der Waals surface area contributed by atoms with E-state index in [1.54, 1.807) is 7.11 Å². The van der Waals surface area contributed by atoms with Gasteiger partial charge < -0.3 is 19.7 Å². The molecule has 0 aromatic heterocycles. The standard InChI is InChI=1S/C19H29N3O3/c1-24-18-4-2-3-17(15-18)16-5-8-22(9-6-16)19(23)20-7-10-21-11-13-25-14-12-21/h2-4,15-16H,5-14H2,1H3,(H,20,23). The first-order valence-electron chi connectivity index (χ1n) is 9.23. The largest absolute Gasteiger partial charge is 0.497 e. The Morgan fingerprint density at radius 2 is 2.00 bits per heavy atom. The van der Waals surface area contributed by atoms with Gasteiger partial charge in [0, 0.05) is 39.3 Å². The van der Waals surface area contributed by atoms with E-state index >= 15 is 0 Å². The van der Waals surface area contributed by atoms with Crippen molar-refractivity contribution in [2.75, 3.05) is 59.6 Å². The number of piperidine rings is 1. The van der Waals surface area contributed by atoms with Crippen molar-refractivity contribution in [1.29, 1.82) is 0 Å². The van der Waals surface area contributed by atoms with Crippen LogP contribution in [0.3, 0.4) is 0 Å². The highest BCUT2D eigenvalue weighted by Gasteiger charge is 2.24. The zero-order valence-electron chi connectivity index (χ0n) is 15.1. The summed E-state index contributed by atoms with van der Waals surface area (Å²) in [6.45, 7) is 6.74. The van der Waals surface area contributed by atoms with E-state index in [4.69, 9.17) is 9.47 Å². The molecule has 3 rings (SSSR count). The molecular formula is C19H29N3O3. The van der Waals surface area contributed by atoms with Crippen molar-refractivity contribution in [3.63, 3.8) is 0 Å². The average Bonchev–Trinajstić information content (AvgIpc) is 2.69. The molecule has 2 saturated heterocycles. The molecule has 6 heteroatoms. The van der Waals surface area contributed by atoms with Gasteiger partial charge in [-0.3, -0.25) is 4.90 Å². The normalized spacial score (nSPS) is 19.6. The van der Waals surface area contributed by atoms with E-state index in [1.165, 1.54) is 5.56 Å². The van der Waals surface area contributed by atoms with Crippen LogP contribution in [0.15, 0.2) is 24.3 Å². The number of morpholine rings is 1. The summed E-state index contributed by atoms with van der Waals surface area (Å²) in [6, 6.07) is 8.35. The van der Waals surface area contributed by atoms with Crippen molar-refractivity contribution >= 4 is 6.03 Å². The molecule has 0 unspecified atom stereocenters. The summed E-state index contributed by atoms with van der Waals surface area (Å²) in [5, 5.41) is 3.06. The van der Waals surface area contributed by atoms with Crippen LogP contribution in [-0.4, -0.2) is 75.4 Å². The molecule has 1 N–H and O–H groups in total. The van der Waals surface area contributed by atoms with Crippen molar-refractivity contribution in [3.05, 3.63) is 29.8 Å². The predicted octanol–water partition coefficient (Wildman–Crippen LogP) is 1.92. The van der Waals surface area contributed by atoms with Gasteiger partial charge in [0.05, 0.1) is 20.3 Å². The van der Waals surface area contributed by atoms with Gasteiger partial charge in [-0.15, -0.1) is 0 Å². The topological polar surface area (TPSA) is 54.0 Å². The van der Waals surface area contributed by atoms with Crippen LogP contribution >= 0.6 is 0 Å². The zero-order chi connectivity index (χ0) is 17.5. The Bertz CT molecular complexity index is 553. The smallest absolute Gasteiger partial charge is 0.317 e. The molecule has 0 saturated carbocycles. The van der Waals surface area contributed by atoms with E-state index in [0.29, 0.717) is 12.5 Å². The lowest BCUT2D eigenvalue weighted by Gasteiger charge is -2.33. The summed E-state index contributed by atoms with van der Waals surface area (Å²) in [5.41, 5.74) is 1.31. The van der Waals surface area contributed by atoms with Crippen molar-refractivity contribution in [3.8, 4) is 5.75 Å². The highest BCUT2D eigenvalue weighted by molar-refractivity contribution is 5.74. The van der Waals surface area contributed by atoms with Crippen LogP contribution in [0.2, 0.25) is 0 Å². The van der Waals surface area contributed by atoms with E-state index in [-0.39, 0.29) is 6.03 Å². The molecule has 0 atom stereocenters. The molecule has 0 spiro atoms. The molecule has 2 heterocycles. The predicted molar refractivity (Wildman–Crippen MR) is 97.2 cm³/mol. The van der Waals surface area contributed by atoms with E-state index < -0.39 is 0 Å². The van der Waals surface area contributed by atoms with Crippen LogP contribution in [0.5, 0.6) is 5.75 Å². The lowest BCUT2D eigenvalue weighted by Crippen LogP contribution is -2.47. The van der Waals surface area contributed by atoms with Crippen LogP contribution in [0.1, 0.15) is 24.3 Å². The van der Waals surface area contributed by atoms with Crippen LogP contribution in [0.25, 0.3) is 0 Å².